The van der Waals surface area contributed by atoms with E-state index in [1.807, 2.05) is 38.1 Å². The molecule has 0 aliphatic carbocycles. The molecule has 0 aliphatic heterocycles. The summed E-state index contributed by atoms with van der Waals surface area (Å²) in [4.78, 5) is 30.9. The Hall–Kier alpha value is -3.96. The van der Waals surface area contributed by atoms with E-state index in [9.17, 15) is 14.9 Å². The molecule has 1 N–H and O–H groups in total. The van der Waals surface area contributed by atoms with Crippen molar-refractivity contribution < 1.29 is 14.3 Å². The molecule has 0 bridgehead atoms. The first-order valence-corrected chi connectivity index (χ1v) is 10.6. The van der Waals surface area contributed by atoms with Crippen molar-refractivity contribution >= 4 is 45.7 Å². The van der Waals surface area contributed by atoms with E-state index in [0.717, 1.165) is 11.1 Å². The highest BCUT2D eigenvalue weighted by molar-refractivity contribution is 7.14. The van der Waals surface area contributed by atoms with Crippen LogP contribution in [0, 0.1) is 25.2 Å². The molecule has 0 unspecified atom stereocenters. The number of anilines is 3. The van der Waals surface area contributed by atoms with Gasteiger partial charge in [0.1, 0.15) is 17.4 Å². The fourth-order valence-corrected chi connectivity index (χ4v) is 3.94. The molecule has 2 aromatic carbocycles. The zero-order valence-corrected chi connectivity index (χ0v) is 19.0. The van der Waals surface area contributed by atoms with Crippen LogP contribution in [0.25, 0.3) is 6.08 Å². The molecule has 0 saturated heterocycles. The number of hydrogen-bond acceptors (Lipinski definition) is 6. The van der Waals surface area contributed by atoms with E-state index in [-0.39, 0.29) is 11.5 Å². The number of nitrogens with one attached hydrogen (secondary N) is 1. The number of aromatic nitrogens is 1. The molecular weight excluding hydrogens is 424 g/mol. The molecule has 3 rings (SSSR count). The topological polar surface area (TPSA) is 95.3 Å². The third-order valence-corrected chi connectivity index (χ3v) is 5.57. The van der Waals surface area contributed by atoms with E-state index >= 15 is 0 Å². The van der Waals surface area contributed by atoms with Gasteiger partial charge in [-0.2, -0.15) is 5.26 Å². The minimum absolute atomic E-state index is 0.0803. The summed E-state index contributed by atoms with van der Waals surface area (Å²) in [7, 11) is 1.57. The number of rotatable bonds is 6. The minimum Gasteiger partial charge on any atom is -0.497 e. The Morgan fingerprint density at radius 3 is 2.38 bits per heavy atom. The Morgan fingerprint density at radius 1 is 1.16 bits per heavy atom. The summed E-state index contributed by atoms with van der Waals surface area (Å²) in [5.74, 6) is -0.0556. The predicted octanol–water partition coefficient (Wildman–Crippen LogP) is 5.00. The highest BCUT2D eigenvalue weighted by Crippen LogP contribution is 2.31. The minimum atomic E-state index is -0.516. The van der Waals surface area contributed by atoms with Gasteiger partial charge in [-0.3, -0.25) is 14.5 Å². The lowest BCUT2D eigenvalue weighted by molar-refractivity contribution is -0.116. The summed E-state index contributed by atoms with van der Waals surface area (Å²) in [5.41, 5.74) is 3.46. The van der Waals surface area contributed by atoms with E-state index in [1.165, 1.54) is 29.2 Å². The van der Waals surface area contributed by atoms with Crippen LogP contribution in [-0.4, -0.2) is 23.9 Å². The zero-order chi connectivity index (χ0) is 23.3. The molecule has 3 aromatic rings. The Balaban J connectivity index is 1.87. The van der Waals surface area contributed by atoms with Crippen molar-refractivity contribution in [3.8, 4) is 11.8 Å². The first kappa shape index (κ1) is 22.7. The van der Waals surface area contributed by atoms with Gasteiger partial charge in [0.05, 0.1) is 18.5 Å². The molecule has 0 spiro atoms. The van der Waals surface area contributed by atoms with Crippen molar-refractivity contribution in [2.45, 2.75) is 20.8 Å². The molecule has 1 heterocycles. The second kappa shape index (κ2) is 9.90. The summed E-state index contributed by atoms with van der Waals surface area (Å²) in [6.45, 7) is 5.22. The summed E-state index contributed by atoms with van der Waals surface area (Å²) in [5, 5.41) is 14.5. The van der Waals surface area contributed by atoms with E-state index in [4.69, 9.17) is 4.74 Å². The number of aryl methyl sites for hydroxylation is 2. The molecule has 0 atom stereocenters. The first-order chi connectivity index (χ1) is 15.3. The summed E-state index contributed by atoms with van der Waals surface area (Å²) in [6, 6.07) is 14.6. The van der Waals surface area contributed by atoms with Crippen LogP contribution < -0.4 is 15.0 Å². The van der Waals surface area contributed by atoms with Crippen LogP contribution in [-0.2, 0) is 9.59 Å². The van der Waals surface area contributed by atoms with Gasteiger partial charge in [0.25, 0.3) is 5.91 Å². The number of carbonyl (C=O) groups excluding carboxylic acids is 2. The van der Waals surface area contributed by atoms with Crippen LogP contribution in [0.4, 0.5) is 16.5 Å². The molecular formula is C24H22N4O3S. The molecule has 0 saturated carbocycles. The number of ether oxygens (including phenoxy) is 1. The van der Waals surface area contributed by atoms with Gasteiger partial charge in [0.15, 0.2) is 5.13 Å². The molecule has 0 radical (unpaired) electrons. The summed E-state index contributed by atoms with van der Waals surface area (Å²) < 4.78 is 5.16. The summed E-state index contributed by atoms with van der Waals surface area (Å²) in [6.07, 6.45) is 1.41. The van der Waals surface area contributed by atoms with Crippen LogP contribution >= 0.6 is 11.3 Å². The average Bonchev–Trinajstić information content (AvgIpc) is 3.22. The molecule has 7 nitrogen and oxygen atoms in total. The van der Waals surface area contributed by atoms with Crippen LogP contribution in [0.1, 0.15) is 23.7 Å². The molecule has 0 fully saturated rings. The molecule has 8 heteroatoms. The van der Waals surface area contributed by atoms with Gasteiger partial charge in [-0.15, -0.1) is 11.3 Å². The van der Waals surface area contributed by atoms with Crippen molar-refractivity contribution in [2.75, 3.05) is 17.3 Å². The van der Waals surface area contributed by atoms with Gasteiger partial charge >= 0.3 is 0 Å². The number of carbonyl (C=O) groups is 2. The van der Waals surface area contributed by atoms with Crippen molar-refractivity contribution in [1.82, 2.24) is 4.98 Å². The van der Waals surface area contributed by atoms with Gasteiger partial charge in [0, 0.05) is 18.0 Å². The van der Waals surface area contributed by atoms with Crippen LogP contribution in [0.5, 0.6) is 5.75 Å². The van der Waals surface area contributed by atoms with Gasteiger partial charge < -0.3 is 10.1 Å². The normalized spacial score (nSPS) is 10.9. The molecule has 0 aliphatic rings. The van der Waals surface area contributed by atoms with Gasteiger partial charge in [-0.25, -0.2) is 4.98 Å². The number of nitriles is 1. The fraction of sp³-hybridized carbons (Fsp3) is 0.167. The molecule has 2 amide bonds. The number of methoxy groups -OCH3 is 1. The second-order valence-electron chi connectivity index (χ2n) is 7.00. The lowest BCUT2D eigenvalue weighted by atomic mass is 10.1. The number of amides is 2. The number of para-hydroxylation sites is 1. The van der Waals surface area contributed by atoms with E-state index in [2.05, 4.69) is 10.3 Å². The summed E-state index contributed by atoms with van der Waals surface area (Å²) >= 11 is 1.24. The van der Waals surface area contributed by atoms with Crippen LogP contribution in [0.3, 0.4) is 0 Å². The second-order valence-corrected chi connectivity index (χ2v) is 7.83. The van der Waals surface area contributed by atoms with E-state index < -0.39 is 5.91 Å². The highest BCUT2D eigenvalue weighted by Gasteiger charge is 2.19. The maximum atomic E-state index is 12.7. The maximum Gasteiger partial charge on any atom is 0.266 e. The third-order valence-electron chi connectivity index (χ3n) is 4.72. The van der Waals surface area contributed by atoms with Gasteiger partial charge in [-0.05, 0) is 55.3 Å². The Bertz CT molecular complexity index is 1200. The smallest absolute Gasteiger partial charge is 0.266 e. The predicted molar refractivity (Wildman–Crippen MR) is 126 cm³/mol. The van der Waals surface area contributed by atoms with Crippen molar-refractivity contribution in [2.24, 2.45) is 0 Å². The lowest BCUT2D eigenvalue weighted by Crippen LogP contribution is -2.22. The van der Waals surface area contributed by atoms with Gasteiger partial charge in [0.2, 0.25) is 5.91 Å². The SMILES string of the molecule is COc1ccc(N(C(C)=O)c2nc(/C=C(\C#N)C(=O)Nc3c(C)cccc3C)cs2)cc1. The maximum absolute atomic E-state index is 12.7. The van der Waals surface area contributed by atoms with Crippen molar-refractivity contribution in [3.05, 3.63) is 70.2 Å². The van der Waals surface area contributed by atoms with Gasteiger partial charge in [-0.1, -0.05) is 18.2 Å². The zero-order valence-electron chi connectivity index (χ0n) is 18.2. The Morgan fingerprint density at radius 2 is 1.81 bits per heavy atom. The molecule has 32 heavy (non-hydrogen) atoms. The van der Waals surface area contributed by atoms with Crippen molar-refractivity contribution in [1.29, 1.82) is 5.26 Å². The van der Waals surface area contributed by atoms with Crippen LogP contribution in [0.2, 0.25) is 0 Å². The van der Waals surface area contributed by atoms with Crippen molar-refractivity contribution in [3.63, 3.8) is 0 Å². The van der Waals surface area contributed by atoms with Crippen LogP contribution in [0.15, 0.2) is 53.4 Å². The number of benzene rings is 2. The monoisotopic (exact) mass is 446 g/mol. The highest BCUT2D eigenvalue weighted by atomic mass is 32.1. The fourth-order valence-electron chi connectivity index (χ4n) is 3.09. The van der Waals surface area contributed by atoms with E-state index in [1.54, 1.807) is 36.8 Å². The quantitative estimate of drug-likeness (QED) is 0.425. The Labute approximate surface area is 190 Å². The average molecular weight is 447 g/mol. The Kier molecular flexibility index (Phi) is 7.03. The first-order valence-electron chi connectivity index (χ1n) is 9.73. The number of nitrogens with zero attached hydrogens (tertiary/aromatic N) is 3. The molecule has 1 aromatic heterocycles. The molecule has 162 valence electrons. The lowest BCUT2D eigenvalue weighted by Gasteiger charge is -2.18. The standard InChI is InChI=1S/C24H22N4O3S/c1-15-6-5-7-16(2)22(15)27-23(30)18(13-25)12-19-14-32-24(26-19)28(17(3)29)20-8-10-21(31-4)11-9-20/h5-12,14H,1-4H3,(H,27,30)/b18-12+. The van der Waals surface area contributed by atoms with E-state index in [0.29, 0.717) is 27.9 Å². The third kappa shape index (κ3) is 5.02. The largest absolute Gasteiger partial charge is 0.497 e. The number of thiazole rings is 1. The number of hydrogen-bond donors (Lipinski definition) is 1.